The van der Waals surface area contributed by atoms with Gasteiger partial charge in [-0.1, -0.05) is 18.2 Å². The smallest absolute Gasteiger partial charge is 0.251 e. The van der Waals surface area contributed by atoms with Gasteiger partial charge < -0.3 is 5.32 Å². The number of benzene rings is 1. The standard InChI is InChI=1S/C13H20N3OPS/c1-15-9-10-16(2)18(15)19-11-8-14-13(17)12-6-4-3-5-7-12/h3-7H,8-11H2,1-2H3,(H,14,17). The first-order chi connectivity index (χ1) is 9.18. The normalized spacial score (nSPS) is 17.8. The molecule has 1 aromatic rings. The number of nitrogens with one attached hydrogen (secondary N) is 1. The lowest BCUT2D eigenvalue weighted by molar-refractivity contribution is 0.0956. The molecule has 0 radical (unpaired) electrons. The molecule has 4 nitrogen and oxygen atoms in total. The molecule has 1 amide bonds. The summed E-state index contributed by atoms with van der Waals surface area (Å²) in [6.07, 6.45) is 0. The van der Waals surface area contributed by atoms with Gasteiger partial charge in [0.1, 0.15) is 7.42 Å². The predicted octanol–water partition coefficient (Wildman–Crippen LogP) is 2.25. The van der Waals surface area contributed by atoms with Crippen molar-refractivity contribution in [1.29, 1.82) is 0 Å². The van der Waals surface area contributed by atoms with Gasteiger partial charge in [0, 0.05) is 31.0 Å². The fourth-order valence-electron chi connectivity index (χ4n) is 1.90. The van der Waals surface area contributed by atoms with Crippen LogP contribution in [-0.2, 0) is 0 Å². The summed E-state index contributed by atoms with van der Waals surface area (Å²) in [6.45, 7) is 3.01. The third-order valence-corrected chi connectivity index (χ3v) is 8.06. The van der Waals surface area contributed by atoms with E-state index < -0.39 is 0 Å². The summed E-state index contributed by atoms with van der Waals surface area (Å²) in [7, 11) is 4.12. The van der Waals surface area contributed by atoms with Gasteiger partial charge in [-0.15, -0.1) is 11.4 Å². The Balaban J connectivity index is 1.68. The first kappa shape index (κ1) is 14.8. The van der Waals surface area contributed by atoms with Gasteiger partial charge in [-0.3, -0.25) is 14.1 Å². The zero-order valence-corrected chi connectivity index (χ0v) is 13.1. The maximum atomic E-state index is 11.8. The molecule has 1 aromatic carbocycles. The Bertz CT molecular complexity index is 408. The molecule has 0 atom stereocenters. The Hall–Kier alpha value is -0.610. The summed E-state index contributed by atoms with van der Waals surface area (Å²) in [5.41, 5.74) is 0.730. The molecule has 1 N–H and O–H groups in total. The van der Waals surface area contributed by atoms with Crippen LogP contribution in [0.15, 0.2) is 30.3 Å². The highest BCUT2D eigenvalue weighted by Gasteiger charge is 2.26. The van der Waals surface area contributed by atoms with Crippen molar-refractivity contribution < 1.29 is 4.79 Å². The molecule has 1 saturated heterocycles. The monoisotopic (exact) mass is 297 g/mol. The summed E-state index contributed by atoms with van der Waals surface area (Å²) in [4.78, 5) is 11.8. The Kier molecular flexibility index (Phi) is 5.64. The van der Waals surface area contributed by atoms with Gasteiger partial charge in [0.25, 0.3) is 5.91 Å². The number of nitrogens with zero attached hydrogens (tertiary/aromatic N) is 2. The number of carbonyl (C=O) groups is 1. The van der Waals surface area contributed by atoms with Crippen molar-refractivity contribution in [2.24, 2.45) is 0 Å². The maximum Gasteiger partial charge on any atom is 0.251 e. The van der Waals surface area contributed by atoms with Gasteiger partial charge in [0.15, 0.2) is 0 Å². The van der Waals surface area contributed by atoms with E-state index in [2.05, 4.69) is 28.8 Å². The fourth-order valence-corrected chi connectivity index (χ4v) is 6.13. The lowest BCUT2D eigenvalue weighted by Crippen LogP contribution is -2.25. The Labute approximate surface area is 120 Å². The summed E-state index contributed by atoms with van der Waals surface area (Å²) < 4.78 is 4.80. The molecular weight excluding hydrogens is 277 g/mol. The van der Waals surface area contributed by atoms with E-state index in [0.29, 0.717) is 0 Å². The van der Waals surface area contributed by atoms with E-state index in [1.165, 1.54) is 0 Å². The number of carbonyl (C=O) groups excluding carboxylic acids is 1. The first-order valence-corrected chi connectivity index (χ1v) is 9.20. The van der Waals surface area contributed by atoms with Crippen LogP contribution in [0.3, 0.4) is 0 Å². The molecule has 6 heteroatoms. The van der Waals surface area contributed by atoms with Crippen molar-refractivity contribution in [3.05, 3.63) is 35.9 Å². The van der Waals surface area contributed by atoms with Crippen molar-refractivity contribution in [3.8, 4) is 0 Å². The molecule has 1 fully saturated rings. The maximum absolute atomic E-state index is 11.8. The Morgan fingerprint density at radius 2 is 1.89 bits per heavy atom. The van der Waals surface area contributed by atoms with Gasteiger partial charge in [0.2, 0.25) is 0 Å². The van der Waals surface area contributed by atoms with E-state index in [0.717, 1.165) is 31.0 Å². The Morgan fingerprint density at radius 1 is 1.26 bits per heavy atom. The predicted molar refractivity (Wildman–Crippen MR) is 83.4 cm³/mol. The van der Waals surface area contributed by atoms with Gasteiger partial charge in [-0.2, -0.15) is 0 Å². The molecule has 0 bridgehead atoms. The second-order valence-corrected chi connectivity index (χ2v) is 8.76. The van der Waals surface area contributed by atoms with Crippen LogP contribution >= 0.6 is 18.8 Å². The zero-order valence-electron chi connectivity index (χ0n) is 11.4. The largest absolute Gasteiger partial charge is 0.351 e. The van der Waals surface area contributed by atoms with Gasteiger partial charge >= 0.3 is 0 Å². The molecule has 0 spiro atoms. The van der Waals surface area contributed by atoms with Crippen molar-refractivity contribution >= 4 is 24.7 Å². The van der Waals surface area contributed by atoms with Crippen molar-refractivity contribution in [3.63, 3.8) is 0 Å². The number of likely N-dealkylation sites (N-methyl/N-ethyl adjacent to an activating group) is 2. The molecule has 104 valence electrons. The average Bonchev–Trinajstić information content (AvgIpc) is 2.75. The topological polar surface area (TPSA) is 35.6 Å². The van der Waals surface area contributed by atoms with E-state index in [-0.39, 0.29) is 13.3 Å². The quantitative estimate of drug-likeness (QED) is 0.668. The summed E-state index contributed by atoms with van der Waals surface area (Å²) in [5, 5.41) is 2.97. The van der Waals surface area contributed by atoms with Gasteiger partial charge in [0.05, 0.1) is 0 Å². The molecule has 1 aliphatic heterocycles. The van der Waals surface area contributed by atoms with Crippen LogP contribution in [0.1, 0.15) is 10.4 Å². The summed E-state index contributed by atoms with van der Waals surface area (Å²) in [5.74, 6) is 0.973. The van der Waals surface area contributed by atoms with Crippen LogP contribution < -0.4 is 5.32 Å². The molecule has 0 unspecified atom stereocenters. The third kappa shape index (κ3) is 4.18. The fraction of sp³-hybridized carbons (Fsp3) is 0.462. The summed E-state index contributed by atoms with van der Waals surface area (Å²) in [6, 6.07) is 9.36. The van der Waals surface area contributed by atoms with E-state index in [4.69, 9.17) is 0 Å². The lowest BCUT2D eigenvalue weighted by atomic mass is 10.2. The molecular formula is C13H20N3OPS. The highest BCUT2D eigenvalue weighted by molar-refractivity contribution is 8.54. The highest BCUT2D eigenvalue weighted by Crippen LogP contribution is 2.56. The van der Waals surface area contributed by atoms with Crippen molar-refractivity contribution in [2.75, 3.05) is 39.5 Å². The number of hydrogen-bond acceptors (Lipinski definition) is 4. The van der Waals surface area contributed by atoms with E-state index in [1.807, 2.05) is 41.7 Å². The minimum Gasteiger partial charge on any atom is -0.351 e. The van der Waals surface area contributed by atoms with E-state index in [9.17, 15) is 4.79 Å². The second kappa shape index (κ2) is 7.25. The molecule has 19 heavy (non-hydrogen) atoms. The number of amides is 1. The molecule has 0 aliphatic carbocycles. The molecule has 2 rings (SSSR count). The minimum atomic E-state index is -0.221. The van der Waals surface area contributed by atoms with Crippen LogP contribution in [0.2, 0.25) is 0 Å². The van der Waals surface area contributed by atoms with E-state index in [1.54, 1.807) is 0 Å². The van der Waals surface area contributed by atoms with Crippen LogP contribution in [0.5, 0.6) is 0 Å². The molecule has 1 aliphatic rings. The molecule has 0 saturated carbocycles. The number of hydrogen-bond donors (Lipinski definition) is 1. The minimum absolute atomic E-state index is 0.0158. The van der Waals surface area contributed by atoms with Gasteiger partial charge in [-0.25, -0.2) is 0 Å². The number of rotatable bonds is 5. The average molecular weight is 297 g/mol. The third-order valence-electron chi connectivity index (χ3n) is 2.96. The summed E-state index contributed by atoms with van der Waals surface area (Å²) >= 11 is 1.94. The van der Waals surface area contributed by atoms with Gasteiger partial charge in [-0.05, 0) is 26.2 Å². The van der Waals surface area contributed by atoms with Crippen LogP contribution in [0.4, 0.5) is 0 Å². The van der Waals surface area contributed by atoms with Crippen molar-refractivity contribution in [2.45, 2.75) is 0 Å². The molecule has 0 aromatic heterocycles. The van der Waals surface area contributed by atoms with Crippen molar-refractivity contribution in [1.82, 2.24) is 14.7 Å². The Morgan fingerprint density at radius 3 is 2.53 bits per heavy atom. The van der Waals surface area contributed by atoms with Crippen LogP contribution in [-0.4, -0.2) is 54.7 Å². The molecule has 1 heterocycles. The van der Waals surface area contributed by atoms with Crippen LogP contribution in [0, 0.1) is 0 Å². The zero-order chi connectivity index (χ0) is 13.7. The SMILES string of the molecule is CN1CCN(C)P1SCCNC(=O)c1ccccc1. The lowest BCUT2D eigenvalue weighted by Gasteiger charge is -2.23. The second-order valence-electron chi connectivity index (χ2n) is 4.47. The highest BCUT2D eigenvalue weighted by atomic mass is 32.7. The van der Waals surface area contributed by atoms with E-state index >= 15 is 0 Å². The van der Waals surface area contributed by atoms with Crippen LogP contribution in [0.25, 0.3) is 0 Å². The first-order valence-electron chi connectivity index (χ1n) is 6.37.